The summed E-state index contributed by atoms with van der Waals surface area (Å²) < 4.78 is 11.4. The predicted octanol–water partition coefficient (Wildman–Crippen LogP) is 5.68. The van der Waals surface area contributed by atoms with Crippen molar-refractivity contribution in [3.05, 3.63) is 83.9 Å². The van der Waals surface area contributed by atoms with Gasteiger partial charge in [-0.3, -0.25) is 4.79 Å². The molecule has 0 fully saturated rings. The number of ether oxygens (including phenoxy) is 1. The highest BCUT2D eigenvalue weighted by atomic mass is 28.4. The molecular formula is C25H30O3Si. The van der Waals surface area contributed by atoms with E-state index in [1.807, 2.05) is 48.6 Å². The van der Waals surface area contributed by atoms with Crippen molar-refractivity contribution < 1.29 is 14.0 Å². The molecule has 0 heterocycles. The Labute approximate surface area is 175 Å². The van der Waals surface area contributed by atoms with Crippen LogP contribution in [0.1, 0.15) is 30.4 Å². The minimum Gasteiger partial charge on any atom is -0.469 e. The first kappa shape index (κ1) is 22.7. The lowest BCUT2D eigenvalue weighted by atomic mass is 9.87. The standard InChI is InChI=1S/C25H30O3Si/c1-27-24(26)20-14-6-5-7-15-21-25(28-29(2,3)4,22-16-10-8-11-17-22)23-18-12-9-13-19-23/h5,7-13,16-19H,6,14,20H2,1-4H3/b7-5+. The van der Waals surface area contributed by atoms with E-state index in [4.69, 9.17) is 4.43 Å². The molecule has 0 radical (unpaired) electrons. The van der Waals surface area contributed by atoms with Gasteiger partial charge < -0.3 is 9.16 Å². The molecule has 0 saturated heterocycles. The van der Waals surface area contributed by atoms with E-state index in [2.05, 4.69) is 60.5 Å². The van der Waals surface area contributed by atoms with Crippen molar-refractivity contribution in [1.82, 2.24) is 0 Å². The first-order valence-corrected chi connectivity index (χ1v) is 13.3. The Kier molecular flexibility index (Phi) is 8.45. The topological polar surface area (TPSA) is 35.5 Å². The van der Waals surface area contributed by atoms with Crippen LogP contribution < -0.4 is 0 Å². The summed E-state index contributed by atoms with van der Waals surface area (Å²) >= 11 is 0. The van der Waals surface area contributed by atoms with Crippen molar-refractivity contribution in [1.29, 1.82) is 0 Å². The number of unbranched alkanes of at least 4 members (excludes halogenated alkanes) is 1. The van der Waals surface area contributed by atoms with Crippen LogP contribution in [-0.4, -0.2) is 21.4 Å². The second kappa shape index (κ2) is 10.8. The number of carbonyl (C=O) groups excluding carboxylic acids is 1. The molecule has 4 heteroatoms. The van der Waals surface area contributed by atoms with Gasteiger partial charge in [0.05, 0.1) is 7.11 Å². The average molecular weight is 407 g/mol. The van der Waals surface area contributed by atoms with Gasteiger partial charge in [0.2, 0.25) is 0 Å². The fourth-order valence-electron chi connectivity index (χ4n) is 3.01. The molecule has 0 saturated carbocycles. The number of esters is 1. The second-order valence-corrected chi connectivity index (χ2v) is 12.2. The number of rotatable bonds is 8. The SMILES string of the molecule is COC(=O)CCC/C=C/C#CC(O[Si](C)(C)C)(c1ccccc1)c1ccccc1. The summed E-state index contributed by atoms with van der Waals surface area (Å²) in [6.45, 7) is 6.54. The minimum atomic E-state index is -1.93. The van der Waals surface area contributed by atoms with Gasteiger partial charge in [0, 0.05) is 6.42 Å². The van der Waals surface area contributed by atoms with Crippen molar-refractivity contribution in [3.63, 3.8) is 0 Å². The third-order valence-electron chi connectivity index (χ3n) is 4.25. The lowest BCUT2D eigenvalue weighted by Gasteiger charge is -2.36. The highest BCUT2D eigenvalue weighted by Crippen LogP contribution is 2.36. The molecule has 0 aliphatic carbocycles. The largest absolute Gasteiger partial charge is 0.469 e. The molecule has 0 unspecified atom stereocenters. The second-order valence-electron chi connectivity index (χ2n) is 7.77. The Bertz CT molecular complexity index is 816. The Hall–Kier alpha value is -2.61. The normalized spacial score (nSPS) is 11.7. The molecule has 0 N–H and O–H groups in total. The number of hydrogen-bond acceptors (Lipinski definition) is 3. The summed E-state index contributed by atoms with van der Waals surface area (Å²) in [7, 11) is -0.523. The molecule has 0 amide bonds. The molecular weight excluding hydrogens is 376 g/mol. The van der Waals surface area contributed by atoms with Crippen LogP contribution in [-0.2, 0) is 19.6 Å². The molecule has 0 aliphatic rings. The van der Waals surface area contributed by atoms with Crippen LogP contribution in [0.2, 0.25) is 19.6 Å². The maximum atomic E-state index is 11.2. The van der Waals surface area contributed by atoms with Crippen molar-refractivity contribution in [2.45, 2.75) is 44.5 Å². The first-order chi connectivity index (χ1) is 13.9. The Balaban J connectivity index is 2.36. The Morgan fingerprint density at radius 2 is 1.55 bits per heavy atom. The Morgan fingerprint density at radius 1 is 1.00 bits per heavy atom. The first-order valence-electron chi connectivity index (χ1n) is 9.93. The minimum absolute atomic E-state index is 0.180. The molecule has 0 bridgehead atoms. The van der Waals surface area contributed by atoms with Gasteiger partial charge in [0.1, 0.15) is 0 Å². The van der Waals surface area contributed by atoms with E-state index in [1.165, 1.54) is 7.11 Å². The lowest BCUT2D eigenvalue weighted by molar-refractivity contribution is -0.140. The maximum Gasteiger partial charge on any atom is 0.305 e. The maximum absolute atomic E-state index is 11.2. The van der Waals surface area contributed by atoms with Crippen LogP contribution in [0.4, 0.5) is 0 Å². The quantitative estimate of drug-likeness (QED) is 0.245. The van der Waals surface area contributed by atoms with Crippen LogP contribution in [0.25, 0.3) is 0 Å². The molecule has 2 rings (SSSR count). The van der Waals surface area contributed by atoms with Gasteiger partial charge in [-0.15, -0.1) is 0 Å². The molecule has 0 spiro atoms. The number of allylic oxidation sites excluding steroid dienone is 2. The number of carbonyl (C=O) groups is 1. The van der Waals surface area contributed by atoms with Crippen molar-refractivity contribution >= 4 is 14.3 Å². The lowest BCUT2D eigenvalue weighted by Crippen LogP contribution is -2.40. The van der Waals surface area contributed by atoms with E-state index in [0.29, 0.717) is 6.42 Å². The van der Waals surface area contributed by atoms with Crippen LogP contribution in [0.5, 0.6) is 0 Å². The summed E-state index contributed by atoms with van der Waals surface area (Å²) in [6, 6.07) is 20.4. The predicted molar refractivity (Wildman–Crippen MR) is 121 cm³/mol. The number of methoxy groups -OCH3 is 1. The van der Waals surface area contributed by atoms with Crippen LogP contribution in [0, 0.1) is 11.8 Å². The molecule has 0 aliphatic heterocycles. The van der Waals surface area contributed by atoms with Crippen molar-refractivity contribution in [2.75, 3.05) is 7.11 Å². The molecule has 29 heavy (non-hydrogen) atoms. The molecule has 152 valence electrons. The summed E-state index contributed by atoms with van der Waals surface area (Å²) in [5, 5.41) is 0. The average Bonchev–Trinajstić information content (AvgIpc) is 2.72. The number of hydrogen-bond donors (Lipinski definition) is 0. The molecule has 2 aromatic rings. The van der Waals surface area contributed by atoms with Gasteiger partial charge in [0.15, 0.2) is 13.9 Å². The summed E-state index contributed by atoms with van der Waals surface area (Å²) in [5.74, 6) is 6.44. The van der Waals surface area contributed by atoms with Crippen molar-refractivity contribution in [3.8, 4) is 11.8 Å². The van der Waals surface area contributed by atoms with E-state index in [1.54, 1.807) is 0 Å². The van der Waals surface area contributed by atoms with Gasteiger partial charge in [0.25, 0.3) is 0 Å². The molecule has 2 aromatic carbocycles. The van der Waals surface area contributed by atoms with E-state index >= 15 is 0 Å². The van der Waals surface area contributed by atoms with Crippen LogP contribution in [0.15, 0.2) is 72.8 Å². The Morgan fingerprint density at radius 3 is 2.03 bits per heavy atom. The molecule has 3 nitrogen and oxygen atoms in total. The smallest absolute Gasteiger partial charge is 0.305 e. The third kappa shape index (κ3) is 7.05. The fourth-order valence-corrected chi connectivity index (χ4v) is 4.22. The van der Waals surface area contributed by atoms with Gasteiger partial charge >= 0.3 is 5.97 Å². The summed E-state index contributed by atoms with van der Waals surface area (Å²) in [6.07, 6.45) is 5.79. The molecule has 0 atom stereocenters. The van der Waals surface area contributed by atoms with E-state index in [0.717, 1.165) is 24.0 Å². The van der Waals surface area contributed by atoms with Crippen molar-refractivity contribution in [2.24, 2.45) is 0 Å². The monoisotopic (exact) mass is 406 g/mol. The van der Waals surface area contributed by atoms with E-state index in [-0.39, 0.29) is 5.97 Å². The van der Waals surface area contributed by atoms with Gasteiger partial charge in [-0.25, -0.2) is 0 Å². The van der Waals surface area contributed by atoms with Gasteiger partial charge in [-0.1, -0.05) is 78.6 Å². The van der Waals surface area contributed by atoms with E-state index in [9.17, 15) is 4.79 Å². The third-order valence-corrected chi connectivity index (χ3v) is 5.17. The highest BCUT2D eigenvalue weighted by Gasteiger charge is 2.38. The van der Waals surface area contributed by atoms with Gasteiger partial charge in [-0.2, -0.15) is 0 Å². The summed E-state index contributed by atoms with van der Waals surface area (Å²) in [4.78, 5) is 11.2. The summed E-state index contributed by atoms with van der Waals surface area (Å²) in [5.41, 5.74) is 1.24. The van der Waals surface area contributed by atoms with Crippen LogP contribution >= 0.6 is 0 Å². The highest BCUT2D eigenvalue weighted by molar-refractivity contribution is 6.69. The van der Waals surface area contributed by atoms with Gasteiger partial charge in [-0.05, 0) is 49.7 Å². The zero-order chi connectivity index (χ0) is 21.2. The zero-order valence-corrected chi connectivity index (χ0v) is 18.8. The number of benzene rings is 2. The zero-order valence-electron chi connectivity index (χ0n) is 17.8. The fraction of sp³-hybridized carbons (Fsp3) is 0.320. The van der Waals surface area contributed by atoms with Crippen LogP contribution in [0.3, 0.4) is 0 Å². The van der Waals surface area contributed by atoms with E-state index < -0.39 is 13.9 Å². The molecule has 0 aromatic heterocycles.